The summed E-state index contributed by atoms with van der Waals surface area (Å²) in [4.78, 5) is 19.1. The molecule has 7 heteroatoms. The molecule has 0 aliphatic heterocycles. The van der Waals surface area contributed by atoms with Crippen molar-refractivity contribution in [2.45, 2.75) is 45.5 Å². The van der Waals surface area contributed by atoms with Gasteiger partial charge < -0.3 is 9.42 Å². The predicted octanol–water partition coefficient (Wildman–Crippen LogP) is 5.24. The van der Waals surface area contributed by atoms with Gasteiger partial charge in [-0.3, -0.25) is 4.79 Å². The molecule has 0 aliphatic carbocycles. The molecule has 2 aromatic carbocycles. The Kier molecular flexibility index (Phi) is 6.92. The Morgan fingerprint density at radius 2 is 1.90 bits per heavy atom. The number of carbonyl (C=O) groups is 1. The molecule has 1 aromatic heterocycles. The van der Waals surface area contributed by atoms with Gasteiger partial charge in [-0.15, -0.1) is 11.8 Å². The summed E-state index contributed by atoms with van der Waals surface area (Å²) in [6.45, 7) is 8.36. The Morgan fingerprint density at radius 3 is 2.57 bits per heavy atom. The SMILES string of the molecule is Cc1ccc(-c2noc(CSCC(=O)N(Cc3ccccc3)C(C)(C)C)n2)cc1F. The minimum absolute atomic E-state index is 0.0525. The van der Waals surface area contributed by atoms with E-state index in [0.29, 0.717) is 40.9 Å². The maximum atomic E-state index is 13.8. The Bertz CT molecular complexity index is 999. The average Bonchev–Trinajstić information content (AvgIpc) is 3.17. The van der Waals surface area contributed by atoms with E-state index in [9.17, 15) is 9.18 Å². The van der Waals surface area contributed by atoms with Gasteiger partial charge in [0.15, 0.2) is 0 Å². The van der Waals surface area contributed by atoms with Crippen LogP contribution in [0.15, 0.2) is 53.1 Å². The van der Waals surface area contributed by atoms with Crippen molar-refractivity contribution in [2.75, 3.05) is 5.75 Å². The Hall–Kier alpha value is -2.67. The topological polar surface area (TPSA) is 59.2 Å². The molecule has 0 spiro atoms. The van der Waals surface area contributed by atoms with Crippen molar-refractivity contribution < 1.29 is 13.7 Å². The lowest BCUT2D eigenvalue weighted by atomic mass is 10.0. The van der Waals surface area contributed by atoms with E-state index in [-0.39, 0.29) is 17.3 Å². The standard InChI is InChI=1S/C23H26FN3O2S/c1-16-10-11-18(12-19(16)24)22-25-20(29-26-22)14-30-15-21(28)27(23(2,3)4)13-17-8-6-5-7-9-17/h5-12H,13-15H2,1-4H3. The Balaban J connectivity index is 1.59. The van der Waals surface area contributed by atoms with Crippen LogP contribution < -0.4 is 0 Å². The lowest BCUT2D eigenvalue weighted by Gasteiger charge is -2.36. The number of benzene rings is 2. The highest BCUT2D eigenvalue weighted by Gasteiger charge is 2.26. The molecule has 1 amide bonds. The Morgan fingerprint density at radius 1 is 1.17 bits per heavy atom. The van der Waals surface area contributed by atoms with E-state index in [1.807, 2.05) is 56.0 Å². The monoisotopic (exact) mass is 427 g/mol. The maximum absolute atomic E-state index is 13.8. The molecule has 0 aliphatic rings. The summed E-state index contributed by atoms with van der Waals surface area (Å²) in [5.41, 5.74) is 1.93. The fourth-order valence-electron chi connectivity index (χ4n) is 2.93. The van der Waals surface area contributed by atoms with Gasteiger partial charge in [0.05, 0.1) is 11.5 Å². The first-order valence-electron chi connectivity index (χ1n) is 9.75. The zero-order valence-corrected chi connectivity index (χ0v) is 18.5. The van der Waals surface area contributed by atoms with Crippen LogP contribution >= 0.6 is 11.8 Å². The highest BCUT2D eigenvalue weighted by Crippen LogP contribution is 2.22. The number of halogens is 1. The molecule has 3 aromatic rings. The van der Waals surface area contributed by atoms with Crippen molar-refractivity contribution in [3.05, 3.63) is 71.4 Å². The minimum atomic E-state index is -0.306. The zero-order chi connectivity index (χ0) is 21.7. The van der Waals surface area contributed by atoms with Crippen LogP contribution in [-0.4, -0.2) is 32.2 Å². The second-order valence-corrected chi connectivity index (χ2v) is 9.09. The van der Waals surface area contributed by atoms with E-state index in [0.717, 1.165) is 5.56 Å². The molecule has 0 bridgehead atoms. The third-order valence-corrected chi connectivity index (χ3v) is 5.55. The second kappa shape index (κ2) is 9.43. The van der Waals surface area contributed by atoms with Gasteiger partial charge in [-0.1, -0.05) is 47.6 Å². The molecule has 0 saturated heterocycles. The minimum Gasteiger partial charge on any atom is -0.338 e. The fraction of sp³-hybridized carbons (Fsp3) is 0.348. The van der Waals surface area contributed by atoms with Crippen molar-refractivity contribution in [3.8, 4) is 11.4 Å². The van der Waals surface area contributed by atoms with Gasteiger partial charge in [-0.2, -0.15) is 4.98 Å². The van der Waals surface area contributed by atoms with Crippen LogP contribution in [0.3, 0.4) is 0 Å². The maximum Gasteiger partial charge on any atom is 0.236 e. The first-order valence-corrected chi connectivity index (χ1v) is 10.9. The summed E-state index contributed by atoms with van der Waals surface area (Å²) >= 11 is 1.42. The van der Waals surface area contributed by atoms with Crippen molar-refractivity contribution in [1.29, 1.82) is 0 Å². The van der Waals surface area contributed by atoms with Crippen LogP contribution in [-0.2, 0) is 17.1 Å². The van der Waals surface area contributed by atoms with Crippen LogP contribution in [0.4, 0.5) is 4.39 Å². The summed E-state index contributed by atoms with van der Waals surface area (Å²) < 4.78 is 19.0. The first-order chi connectivity index (χ1) is 14.2. The van der Waals surface area contributed by atoms with E-state index >= 15 is 0 Å². The fourth-order valence-corrected chi connectivity index (χ4v) is 3.66. The molecule has 0 radical (unpaired) electrons. The van der Waals surface area contributed by atoms with Crippen LogP contribution in [0.25, 0.3) is 11.4 Å². The van der Waals surface area contributed by atoms with Crippen LogP contribution in [0.1, 0.15) is 37.8 Å². The summed E-state index contributed by atoms with van der Waals surface area (Å²) in [5, 5.41) is 3.92. The number of aromatic nitrogens is 2. The average molecular weight is 428 g/mol. The number of nitrogens with zero attached hydrogens (tertiary/aromatic N) is 3. The van der Waals surface area contributed by atoms with Crippen molar-refractivity contribution in [2.24, 2.45) is 0 Å². The van der Waals surface area contributed by atoms with E-state index in [2.05, 4.69) is 10.1 Å². The Labute approximate surface area is 180 Å². The van der Waals surface area contributed by atoms with Gasteiger partial charge >= 0.3 is 0 Å². The van der Waals surface area contributed by atoms with Crippen LogP contribution in [0.5, 0.6) is 0 Å². The van der Waals surface area contributed by atoms with Gasteiger partial charge in [0.2, 0.25) is 17.6 Å². The molecule has 0 saturated carbocycles. The van der Waals surface area contributed by atoms with Crippen molar-refractivity contribution in [3.63, 3.8) is 0 Å². The smallest absolute Gasteiger partial charge is 0.236 e. The molecule has 0 atom stereocenters. The number of carbonyl (C=O) groups excluding carboxylic acids is 1. The van der Waals surface area contributed by atoms with Gasteiger partial charge in [-0.05, 0) is 44.9 Å². The van der Waals surface area contributed by atoms with Gasteiger partial charge in [0.25, 0.3) is 0 Å². The van der Waals surface area contributed by atoms with Crippen molar-refractivity contribution >= 4 is 17.7 Å². The number of aryl methyl sites for hydroxylation is 1. The van der Waals surface area contributed by atoms with Gasteiger partial charge in [0.1, 0.15) is 5.82 Å². The summed E-state index contributed by atoms with van der Waals surface area (Å²) in [5.74, 6) is 1.22. The molecule has 0 fully saturated rings. The molecular weight excluding hydrogens is 401 g/mol. The summed E-state index contributed by atoms with van der Waals surface area (Å²) in [7, 11) is 0. The lowest BCUT2D eigenvalue weighted by molar-refractivity contribution is -0.133. The molecule has 30 heavy (non-hydrogen) atoms. The quantitative estimate of drug-likeness (QED) is 0.516. The number of rotatable bonds is 7. The summed E-state index contributed by atoms with van der Waals surface area (Å²) in [6.07, 6.45) is 0. The second-order valence-electron chi connectivity index (χ2n) is 8.10. The molecular formula is C23H26FN3O2S. The molecule has 1 heterocycles. The van der Waals surface area contributed by atoms with E-state index in [1.165, 1.54) is 17.8 Å². The normalized spacial score (nSPS) is 11.5. The van der Waals surface area contributed by atoms with Gasteiger partial charge in [0, 0.05) is 17.6 Å². The molecule has 0 unspecified atom stereocenters. The molecule has 3 rings (SSSR count). The largest absolute Gasteiger partial charge is 0.338 e. The third-order valence-electron chi connectivity index (χ3n) is 4.64. The van der Waals surface area contributed by atoms with E-state index in [4.69, 9.17) is 4.52 Å². The number of hydrogen-bond donors (Lipinski definition) is 0. The van der Waals surface area contributed by atoms with Crippen molar-refractivity contribution in [1.82, 2.24) is 15.0 Å². The number of thioether (sulfide) groups is 1. The molecule has 0 N–H and O–H groups in total. The van der Waals surface area contributed by atoms with Crippen LogP contribution in [0, 0.1) is 12.7 Å². The lowest BCUT2D eigenvalue weighted by Crippen LogP contribution is -2.45. The highest BCUT2D eigenvalue weighted by molar-refractivity contribution is 7.99. The third kappa shape index (κ3) is 5.69. The number of amides is 1. The number of hydrogen-bond acceptors (Lipinski definition) is 5. The highest BCUT2D eigenvalue weighted by atomic mass is 32.2. The van der Waals surface area contributed by atoms with Crippen LogP contribution in [0.2, 0.25) is 0 Å². The molecule has 5 nitrogen and oxygen atoms in total. The van der Waals surface area contributed by atoms with Gasteiger partial charge in [-0.25, -0.2) is 4.39 Å². The summed E-state index contributed by atoms with van der Waals surface area (Å²) in [6, 6.07) is 14.8. The molecule has 158 valence electrons. The van der Waals surface area contributed by atoms with E-state index in [1.54, 1.807) is 19.1 Å². The predicted molar refractivity (Wildman–Crippen MR) is 117 cm³/mol. The first kappa shape index (κ1) is 22.0. The van der Waals surface area contributed by atoms with E-state index < -0.39 is 0 Å². The zero-order valence-electron chi connectivity index (χ0n) is 17.7.